The summed E-state index contributed by atoms with van der Waals surface area (Å²) >= 11 is 0. The van der Waals surface area contributed by atoms with Gasteiger partial charge in [0, 0.05) is 0 Å². The molecule has 0 N–H and O–H groups in total. The summed E-state index contributed by atoms with van der Waals surface area (Å²) in [6.45, 7) is 22.7. The van der Waals surface area contributed by atoms with E-state index >= 15 is 0 Å². The summed E-state index contributed by atoms with van der Waals surface area (Å²) in [5, 5.41) is 0. The smallest absolute Gasteiger partial charge is 0.0127 e. The maximum absolute atomic E-state index is 2.31. The molecule has 2 aromatic rings. The molecule has 2 aromatic carbocycles. The van der Waals surface area contributed by atoms with E-state index in [0.717, 1.165) is 0 Å². The van der Waals surface area contributed by atoms with Crippen molar-refractivity contribution in [2.45, 2.75) is 80.1 Å². The van der Waals surface area contributed by atoms with Gasteiger partial charge in [-0.15, -0.1) is 0 Å². The Bertz CT molecular complexity index is 716. The molecule has 0 amide bonds. The third-order valence-corrected chi connectivity index (χ3v) is 5.08. The SMILES string of the molecule is Cc1cc(/C=C/c2cc(C)c(C(C)(C)C)c(C)c2)cc(C)c1C(C)(C)C. The normalized spacial score (nSPS) is 12.8. The second-order valence-electron chi connectivity index (χ2n) is 9.89. The summed E-state index contributed by atoms with van der Waals surface area (Å²) in [5.74, 6) is 0. The molecule has 0 heterocycles. The lowest BCUT2D eigenvalue weighted by molar-refractivity contribution is 0.581. The lowest BCUT2D eigenvalue weighted by Crippen LogP contribution is -2.15. The fourth-order valence-electron chi connectivity index (χ4n) is 4.74. The Labute approximate surface area is 161 Å². The maximum Gasteiger partial charge on any atom is -0.0127 e. The van der Waals surface area contributed by atoms with Crippen molar-refractivity contribution in [1.29, 1.82) is 0 Å². The van der Waals surface area contributed by atoms with Crippen LogP contribution in [0.15, 0.2) is 24.3 Å². The van der Waals surface area contributed by atoms with Gasteiger partial charge in [0.25, 0.3) is 0 Å². The molecule has 140 valence electrons. The fraction of sp³-hybridized carbons (Fsp3) is 0.462. The van der Waals surface area contributed by atoms with Crippen molar-refractivity contribution in [2.75, 3.05) is 0 Å². The van der Waals surface area contributed by atoms with Crippen LogP contribution >= 0.6 is 0 Å². The van der Waals surface area contributed by atoms with Crippen molar-refractivity contribution >= 4 is 12.2 Å². The van der Waals surface area contributed by atoms with Gasteiger partial charge in [-0.1, -0.05) is 78.0 Å². The summed E-state index contributed by atoms with van der Waals surface area (Å²) in [4.78, 5) is 0. The molecule has 0 heteroatoms. The first-order valence-electron chi connectivity index (χ1n) is 9.72. The summed E-state index contributed by atoms with van der Waals surface area (Å²) in [6.07, 6.45) is 4.49. The average Bonchev–Trinajstić information content (AvgIpc) is 2.40. The molecule has 0 saturated carbocycles. The first-order chi connectivity index (χ1) is 11.8. The van der Waals surface area contributed by atoms with E-state index in [-0.39, 0.29) is 10.8 Å². The quantitative estimate of drug-likeness (QED) is 0.488. The Hall–Kier alpha value is -1.82. The third kappa shape index (κ3) is 4.47. The zero-order valence-corrected chi connectivity index (χ0v) is 18.5. The highest BCUT2D eigenvalue weighted by molar-refractivity contribution is 5.72. The van der Waals surface area contributed by atoms with E-state index in [9.17, 15) is 0 Å². The number of hydrogen-bond donors (Lipinski definition) is 0. The minimum Gasteiger partial charge on any atom is -0.0561 e. The number of hydrogen-bond acceptors (Lipinski definition) is 0. The second kappa shape index (κ2) is 7.06. The molecule has 0 unspecified atom stereocenters. The Morgan fingerprint density at radius 2 is 0.731 bits per heavy atom. The molecule has 0 aliphatic rings. The molecule has 0 aromatic heterocycles. The van der Waals surface area contributed by atoms with Gasteiger partial charge in [-0.2, -0.15) is 0 Å². The van der Waals surface area contributed by atoms with Crippen LogP contribution in [0.1, 0.15) is 86.1 Å². The molecule has 0 spiro atoms. The highest BCUT2D eigenvalue weighted by Gasteiger charge is 2.20. The molecule has 0 aliphatic carbocycles. The Balaban J connectivity index is 2.40. The monoisotopic (exact) mass is 348 g/mol. The van der Waals surface area contributed by atoms with E-state index in [0.29, 0.717) is 0 Å². The number of benzene rings is 2. The Morgan fingerprint density at radius 3 is 0.923 bits per heavy atom. The molecule has 26 heavy (non-hydrogen) atoms. The predicted molar refractivity (Wildman–Crippen MR) is 118 cm³/mol. The van der Waals surface area contributed by atoms with Crippen LogP contribution in [-0.4, -0.2) is 0 Å². The predicted octanol–water partition coefficient (Wildman–Crippen LogP) is 7.69. The molecule has 0 radical (unpaired) electrons. The zero-order chi connectivity index (χ0) is 19.9. The standard InChI is InChI=1S/C26H36/c1-17-13-21(14-18(2)23(17)25(5,6)7)11-12-22-15-19(3)24(20(4)16-22)26(8,9)10/h11-16H,1-10H3/b12-11+. The van der Waals surface area contributed by atoms with E-state index in [4.69, 9.17) is 0 Å². The summed E-state index contributed by atoms with van der Waals surface area (Å²) in [5.41, 5.74) is 11.4. The van der Waals surface area contributed by atoms with Crippen LogP contribution in [0.25, 0.3) is 12.2 Å². The summed E-state index contributed by atoms with van der Waals surface area (Å²) in [6, 6.07) is 9.25. The van der Waals surface area contributed by atoms with Gasteiger partial charge in [0.1, 0.15) is 0 Å². The largest absolute Gasteiger partial charge is 0.0561 e. The van der Waals surface area contributed by atoms with Crippen molar-refractivity contribution in [1.82, 2.24) is 0 Å². The van der Waals surface area contributed by atoms with Crippen LogP contribution in [0, 0.1) is 27.7 Å². The highest BCUT2D eigenvalue weighted by atomic mass is 14.2. The molecular weight excluding hydrogens is 312 g/mol. The summed E-state index contributed by atoms with van der Waals surface area (Å²) < 4.78 is 0. The number of rotatable bonds is 2. The van der Waals surface area contributed by atoms with Crippen molar-refractivity contribution in [3.8, 4) is 0 Å². The first kappa shape index (κ1) is 20.5. The van der Waals surface area contributed by atoms with Gasteiger partial charge in [0.05, 0.1) is 0 Å². The van der Waals surface area contributed by atoms with Crippen LogP contribution in [0.5, 0.6) is 0 Å². The average molecular weight is 349 g/mol. The van der Waals surface area contributed by atoms with E-state index in [2.05, 4.69) is 106 Å². The fourth-order valence-corrected chi connectivity index (χ4v) is 4.74. The van der Waals surface area contributed by atoms with Crippen LogP contribution in [0.2, 0.25) is 0 Å². The van der Waals surface area contributed by atoms with Crippen molar-refractivity contribution < 1.29 is 0 Å². The van der Waals surface area contributed by atoms with Gasteiger partial charge >= 0.3 is 0 Å². The molecule has 2 rings (SSSR count). The van der Waals surface area contributed by atoms with Crippen molar-refractivity contribution in [3.05, 3.63) is 68.8 Å². The lowest BCUT2D eigenvalue weighted by atomic mass is 9.80. The van der Waals surface area contributed by atoms with E-state index in [1.165, 1.54) is 44.5 Å². The molecule has 0 nitrogen and oxygen atoms in total. The van der Waals surface area contributed by atoms with Crippen LogP contribution in [0.4, 0.5) is 0 Å². The molecule has 0 atom stereocenters. The van der Waals surface area contributed by atoms with Gasteiger partial charge in [-0.05, 0) is 83.0 Å². The van der Waals surface area contributed by atoms with Gasteiger partial charge in [-0.3, -0.25) is 0 Å². The minimum atomic E-state index is 0.188. The van der Waals surface area contributed by atoms with Crippen LogP contribution in [-0.2, 0) is 10.8 Å². The molecule has 0 saturated heterocycles. The maximum atomic E-state index is 2.31. The van der Waals surface area contributed by atoms with Crippen LogP contribution < -0.4 is 0 Å². The Kier molecular flexibility index (Phi) is 5.57. The summed E-state index contributed by atoms with van der Waals surface area (Å²) in [7, 11) is 0. The van der Waals surface area contributed by atoms with Gasteiger partial charge in [0.2, 0.25) is 0 Å². The van der Waals surface area contributed by atoms with E-state index in [1.54, 1.807) is 0 Å². The van der Waals surface area contributed by atoms with Gasteiger partial charge in [-0.25, -0.2) is 0 Å². The lowest BCUT2D eigenvalue weighted by Gasteiger charge is -2.25. The van der Waals surface area contributed by atoms with Crippen molar-refractivity contribution in [2.24, 2.45) is 0 Å². The van der Waals surface area contributed by atoms with E-state index < -0.39 is 0 Å². The third-order valence-electron chi connectivity index (χ3n) is 5.08. The molecular formula is C26H36. The molecule has 0 aliphatic heterocycles. The van der Waals surface area contributed by atoms with Crippen molar-refractivity contribution in [3.63, 3.8) is 0 Å². The van der Waals surface area contributed by atoms with Crippen LogP contribution in [0.3, 0.4) is 0 Å². The first-order valence-corrected chi connectivity index (χ1v) is 9.72. The van der Waals surface area contributed by atoms with Gasteiger partial charge in [0.15, 0.2) is 0 Å². The zero-order valence-electron chi connectivity index (χ0n) is 18.5. The molecule has 0 fully saturated rings. The Morgan fingerprint density at radius 1 is 0.500 bits per heavy atom. The number of aryl methyl sites for hydroxylation is 4. The van der Waals surface area contributed by atoms with Gasteiger partial charge < -0.3 is 0 Å². The highest BCUT2D eigenvalue weighted by Crippen LogP contribution is 2.32. The molecule has 0 bridgehead atoms. The minimum absolute atomic E-state index is 0.188. The second-order valence-corrected chi connectivity index (χ2v) is 9.89. The van der Waals surface area contributed by atoms with E-state index in [1.807, 2.05) is 0 Å². The topological polar surface area (TPSA) is 0 Å².